The number of carbonyl (C=O) groups is 2. The molecule has 2 N–H and O–H groups in total. The molecule has 0 spiro atoms. The lowest BCUT2D eigenvalue weighted by atomic mass is 10.00. The number of nitrogens with zero attached hydrogens (tertiary/aromatic N) is 1. The standard InChI is InChI=1S/C19H35N3O3/c1-14(21-15-9-10-17(23)20-13-15)12-16-8-6-5-7-11-22(16)18(24)25-19(2,3)4/h14-16,21H,5-13H2,1-4H3,(H,20,23). The van der Waals surface area contributed by atoms with Crippen LogP contribution in [0.25, 0.3) is 0 Å². The molecule has 2 aliphatic rings. The van der Waals surface area contributed by atoms with Crippen LogP contribution >= 0.6 is 0 Å². The summed E-state index contributed by atoms with van der Waals surface area (Å²) >= 11 is 0. The topological polar surface area (TPSA) is 70.7 Å². The van der Waals surface area contributed by atoms with Crippen LogP contribution in [0.1, 0.15) is 72.6 Å². The third kappa shape index (κ3) is 6.84. The molecule has 144 valence electrons. The molecule has 3 unspecified atom stereocenters. The van der Waals surface area contributed by atoms with Crippen molar-refractivity contribution in [2.24, 2.45) is 0 Å². The van der Waals surface area contributed by atoms with E-state index >= 15 is 0 Å². The van der Waals surface area contributed by atoms with Gasteiger partial charge in [-0.1, -0.05) is 12.8 Å². The largest absolute Gasteiger partial charge is 0.444 e. The second-order valence-electron chi connectivity index (χ2n) is 8.52. The highest BCUT2D eigenvalue weighted by Gasteiger charge is 2.31. The van der Waals surface area contributed by atoms with Gasteiger partial charge in [-0.05, 0) is 53.4 Å². The molecular weight excluding hydrogens is 318 g/mol. The minimum absolute atomic E-state index is 0.144. The van der Waals surface area contributed by atoms with Crippen LogP contribution in [0.3, 0.4) is 0 Å². The zero-order chi connectivity index (χ0) is 18.4. The van der Waals surface area contributed by atoms with E-state index in [0.29, 0.717) is 25.0 Å². The molecular formula is C19H35N3O3. The molecule has 2 fully saturated rings. The third-order valence-electron chi connectivity index (χ3n) is 4.92. The van der Waals surface area contributed by atoms with Crippen molar-refractivity contribution in [2.45, 2.75) is 96.4 Å². The second-order valence-corrected chi connectivity index (χ2v) is 8.52. The van der Waals surface area contributed by atoms with Crippen LogP contribution < -0.4 is 10.6 Å². The summed E-state index contributed by atoms with van der Waals surface area (Å²) in [4.78, 5) is 25.8. The van der Waals surface area contributed by atoms with Gasteiger partial charge in [0.25, 0.3) is 0 Å². The molecule has 2 heterocycles. The molecule has 0 aliphatic carbocycles. The average molecular weight is 354 g/mol. The van der Waals surface area contributed by atoms with Crippen molar-refractivity contribution in [3.63, 3.8) is 0 Å². The minimum Gasteiger partial charge on any atom is -0.444 e. The summed E-state index contributed by atoms with van der Waals surface area (Å²) in [6.45, 7) is 9.40. The van der Waals surface area contributed by atoms with Crippen LogP contribution in [0.2, 0.25) is 0 Å². The molecule has 6 heteroatoms. The Morgan fingerprint density at radius 2 is 2.08 bits per heavy atom. The van der Waals surface area contributed by atoms with E-state index in [1.165, 1.54) is 6.42 Å². The molecule has 2 rings (SSSR count). The van der Waals surface area contributed by atoms with Gasteiger partial charge in [-0.15, -0.1) is 0 Å². The van der Waals surface area contributed by atoms with Crippen LogP contribution in [0.5, 0.6) is 0 Å². The van der Waals surface area contributed by atoms with Crippen molar-refractivity contribution < 1.29 is 14.3 Å². The Morgan fingerprint density at radius 3 is 2.72 bits per heavy atom. The fourth-order valence-corrected chi connectivity index (χ4v) is 3.74. The van der Waals surface area contributed by atoms with Crippen LogP contribution in [-0.4, -0.2) is 53.7 Å². The maximum absolute atomic E-state index is 12.6. The van der Waals surface area contributed by atoms with Gasteiger partial charge in [-0.2, -0.15) is 0 Å². The van der Waals surface area contributed by atoms with E-state index in [0.717, 1.165) is 38.6 Å². The lowest BCUT2D eigenvalue weighted by molar-refractivity contribution is -0.122. The highest BCUT2D eigenvalue weighted by atomic mass is 16.6. The van der Waals surface area contributed by atoms with E-state index in [2.05, 4.69) is 17.6 Å². The van der Waals surface area contributed by atoms with E-state index in [9.17, 15) is 9.59 Å². The van der Waals surface area contributed by atoms with Gasteiger partial charge < -0.3 is 20.3 Å². The monoisotopic (exact) mass is 353 g/mol. The van der Waals surface area contributed by atoms with E-state index in [4.69, 9.17) is 4.74 Å². The molecule has 2 saturated heterocycles. The van der Waals surface area contributed by atoms with Crippen LogP contribution in [-0.2, 0) is 9.53 Å². The Balaban J connectivity index is 1.91. The smallest absolute Gasteiger partial charge is 0.410 e. The van der Waals surface area contributed by atoms with E-state index in [-0.39, 0.29) is 18.0 Å². The molecule has 6 nitrogen and oxygen atoms in total. The van der Waals surface area contributed by atoms with E-state index < -0.39 is 5.60 Å². The van der Waals surface area contributed by atoms with Crippen LogP contribution in [0.15, 0.2) is 0 Å². The van der Waals surface area contributed by atoms with Gasteiger partial charge in [-0.25, -0.2) is 4.79 Å². The lowest BCUT2D eigenvalue weighted by Gasteiger charge is -2.35. The van der Waals surface area contributed by atoms with Crippen molar-refractivity contribution in [1.29, 1.82) is 0 Å². The van der Waals surface area contributed by atoms with Gasteiger partial charge in [-0.3, -0.25) is 4.79 Å². The third-order valence-corrected chi connectivity index (χ3v) is 4.92. The van der Waals surface area contributed by atoms with Gasteiger partial charge in [0.2, 0.25) is 5.91 Å². The van der Waals surface area contributed by atoms with Gasteiger partial charge in [0.15, 0.2) is 0 Å². The number of likely N-dealkylation sites (tertiary alicyclic amines) is 1. The fraction of sp³-hybridized carbons (Fsp3) is 0.895. The zero-order valence-corrected chi connectivity index (χ0v) is 16.3. The number of rotatable bonds is 4. The van der Waals surface area contributed by atoms with E-state index in [1.54, 1.807) is 0 Å². The quantitative estimate of drug-likeness (QED) is 0.815. The highest BCUT2D eigenvalue weighted by molar-refractivity contribution is 5.76. The average Bonchev–Trinajstić information content (AvgIpc) is 2.73. The maximum Gasteiger partial charge on any atom is 0.410 e. The van der Waals surface area contributed by atoms with E-state index in [1.807, 2.05) is 25.7 Å². The summed E-state index contributed by atoms with van der Waals surface area (Å²) in [5.41, 5.74) is -0.460. The first kappa shape index (κ1) is 20.0. The van der Waals surface area contributed by atoms with Crippen molar-refractivity contribution >= 4 is 12.0 Å². The van der Waals surface area contributed by atoms with Crippen molar-refractivity contribution in [3.8, 4) is 0 Å². The zero-order valence-electron chi connectivity index (χ0n) is 16.3. The number of ether oxygens (including phenoxy) is 1. The number of carbonyl (C=O) groups excluding carboxylic acids is 2. The number of hydrogen-bond donors (Lipinski definition) is 2. The van der Waals surface area contributed by atoms with Crippen molar-refractivity contribution in [3.05, 3.63) is 0 Å². The molecule has 0 aromatic heterocycles. The predicted octanol–water partition coefficient (Wildman–Crippen LogP) is 2.81. The SMILES string of the molecule is CC(CC1CCCCCN1C(=O)OC(C)(C)C)NC1CCC(=O)NC1. The molecule has 0 aromatic carbocycles. The summed E-state index contributed by atoms with van der Waals surface area (Å²) in [5.74, 6) is 0.144. The van der Waals surface area contributed by atoms with Gasteiger partial charge >= 0.3 is 6.09 Å². The lowest BCUT2D eigenvalue weighted by Crippen LogP contribution is -2.51. The molecule has 2 amide bonds. The summed E-state index contributed by atoms with van der Waals surface area (Å²) in [6, 6.07) is 0.847. The second kappa shape index (κ2) is 8.88. The Hall–Kier alpha value is -1.30. The summed E-state index contributed by atoms with van der Waals surface area (Å²) in [5, 5.41) is 6.54. The molecule has 25 heavy (non-hydrogen) atoms. The molecule has 0 bridgehead atoms. The van der Waals surface area contributed by atoms with Crippen LogP contribution in [0.4, 0.5) is 4.79 Å². The molecule has 2 aliphatic heterocycles. The normalized spacial score (nSPS) is 26.6. The number of amides is 2. The predicted molar refractivity (Wildman–Crippen MR) is 98.4 cm³/mol. The highest BCUT2D eigenvalue weighted by Crippen LogP contribution is 2.23. The minimum atomic E-state index is -0.460. The van der Waals surface area contributed by atoms with Crippen LogP contribution in [0, 0.1) is 0 Å². The summed E-state index contributed by atoms with van der Waals surface area (Å²) in [6.07, 6.45) is 6.64. The molecule has 3 atom stereocenters. The summed E-state index contributed by atoms with van der Waals surface area (Å²) in [7, 11) is 0. The Morgan fingerprint density at radius 1 is 1.32 bits per heavy atom. The van der Waals surface area contributed by atoms with Gasteiger partial charge in [0, 0.05) is 37.6 Å². The first-order valence-electron chi connectivity index (χ1n) is 9.77. The van der Waals surface area contributed by atoms with Gasteiger partial charge in [0.05, 0.1) is 0 Å². The Kier molecular flexibility index (Phi) is 7.11. The molecule has 0 aromatic rings. The van der Waals surface area contributed by atoms with Crippen molar-refractivity contribution in [2.75, 3.05) is 13.1 Å². The Bertz CT molecular complexity index is 451. The molecule has 0 saturated carbocycles. The maximum atomic E-state index is 12.6. The molecule has 0 radical (unpaired) electrons. The first-order valence-corrected chi connectivity index (χ1v) is 9.77. The number of hydrogen-bond acceptors (Lipinski definition) is 4. The van der Waals surface area contributed by atoms with Gasteiger partial charge in [0.1, 0.15) is 5.60 Å². The first-order chi connectivity index (χ1) is 11.7. The number of nitrogens with one attached hydrogen (secondary N) is 2. The Labute approximate surface area is 152 Å². The summed E-state index contributed by atoms with van der Waals surface area (Å²) < 4.78 is 5.63. The van der Waals surface area contributed by atoms with Crippen molar-refractivity contribution in [1.82, 2.24) is 15.5 Å². The number of piperidine rings is 1. The fourth-order valence-electron chi connectivity index (χ4n) is 3.74.